The van der Waals surface area contributed by atoms with E-state index < -0.39 is 17.6 Å². The molecule has 1 aromatic carbocycles. The lowest BCUT2D eigenvalue weighted by atomic mass is 10.3. The van der Waals surface area contributed by atoms with E-state index >= 15 is 0 Å². The van der Waals surface area contributed by atoms with Crippen molar-refractivity contribution >= 4 is 15.9 Å². The second-order valence-corrected chi connectivity index (χ2v) is 4.76. The first-order valence-electron chi connectivity index (χ1n) is 5.55. The lowest BCUT2D eigenvalue weighted by Crippen LogP contribution is -2.05. The van der Waals surface area contributed by atoms with Gasteiger partial charge in [0.1, 0.15) is 5.75 Å². The fourth-order valence-electron chi connectivity index (χ4n) is 1.47. The predicted octanol–water partition coefficient (Wildman–Crippen LogP) is 4.80. The Labute approximate surface area is 125 Å². The molecular formula is C13H8BrF4NO2. The van der Waals surface area contributed by atoms with Crippen molar-refractivity contribution in [1.82, 2.24) is 4.98 Å². The van der Waals surface area contributed by atoms with Crippen LogP contribution in [0.15, 0.2) is 34.9 Å². The van der Waals surface area contributed by atoms with Crippen LogP contribution in [0.5, 0.6) is 17.4 Å². The van der Waals surface area contributed by atoms with Gasteiger partial charge in [0.2, 0.25) is 5.88 Å². The number of rotatable bonds is 3. The summed E-state index contributed by atoms with van der Waals surface area (Å²) < 4.78 is 61.4. The topological polar surface area (TPSA) is 31.4 Å². The zero-order valence-corrected chi connectivity index (χ0v) is 12.1. The molecule has 0 fully saturated rings. The van der Waals surface area contributed by atoms with Crippen molar-refractivity contribution in [3.63, 3.8) is 0 Å². The summed E-state index contributed by atoms with van der Waals surface area (Å²) in [7, 11) is 1.37. The van der Waals surface area contributed by atoms with E-state index in [1.807, 2.05) is 0 Å². The maximum Gasteiger partial charge on any atom is 0.417 e. The van der Waals surface area contributed by atoms with Gasteiger partial charge < -0.3 is 9.47 Å². The van der Waals surface area contributed by atoms with E-state index in [4.69, 9.17) is 9.47 Å². The first-order valence-corrected chi connectivity index (χ1v) is 6.34. The molecule has 0 unspecified atom stereocenters. The largest absolute Gasteiger partial charge is 0.495 e. The molecule has 0 atom stereocenters. The number of nitrogens with zero attached hydrogens (tertiary/aromatic N) is 1. The van der Waals surface area contributed by atoms with E-state index in [9.17, 15) is 17.6 Å². The van der Waals surface area contributed by atoms with Crippen LogP contribution < -0.4 is 9.47 Å². The standard InChI is InChI=1S/C13H8BrF4NO2/c1-20-10-5-9(15)11(4-8(10)14)21-12-3-2-7(6-19-12)13(16,17)18/h2-6H,1H3. The van der Waals surface area contributed by atoms with Gasteiger partial charge in [-0.1, -0.05) is 0 Å². The Hall–Kier alpha value is -1.83. The second kappa shape index (κ2) is 5.88. The zero-order valence-electron chi connectivity index (χ0n) is 10.5. The van der Waals surface area contributed by atoms with Gasteiger partial charge in [-0.05, 0) is 22.0 Å². The van der Waals surface area contributed by atoms with Crippen LogP contribution in [0.25, 0.3) is 0 Å². The number of benzene rings is 1. The van der Waals surface area contributed by atoms with Crippen LogP contribution in [0.3, 0.4) is 0 Å². The molecule has 0 saturated heterocycles. The Balaban J connectivity index is 2.24. The highest BCUT2D eigenvalue weighted by molar-refractivity contribution is 9.10. The van der Waals surface area contributed by atoms with Crippen LogP contribution in [0, 0.1) is 5.82 Å². The minimum atomic E-state index is -4.49. The van der Waals surface area contributed by atoms with E-state index in [1.165, 1.54) is 13.2 Å². The number of methoxy groups -OCH3 is 1. The summed E-state index contributed by atoms with van der Waals surface area (Å²) in [5.41, 5.74) is -0.911. The van der Waals surface area contributed by atoms with Crippen molar-refractivity contribution in [2.24, 2.45) is 0 Å². The summed E-state index contributed by atoms with van der Waals surface area (Å²) in [4.78, 5) is 3.50. The van der Waals surface area contributed by atoms with E-state index in [0.717, 1.165) is 18.2 Å². The molecule has 0 amide bonds. The van der Waals surface area contributed by atoms with E-state index in [2.05, 4.69) is 20.9 Å². The molecule has 112 valence electrons. The minimum Gasteiger partial charge on any atom is -0.495 e. The van der Waals surface area contributed by atoms with E-state index in [0.29, 0.717) is 10.7 Å². The zero-order chi connectivity index (χ0) is 15.6. The van der Waals surface area contributed by atoms with Crippen molar-refractivity contribution in [1.29, 1.82) is 0 Å². The number of hydrogen-bond donors (Lipinski definition) is 0. The summed E-state index contributed by atoms with van der Waals surface area (Å²) >= 11 is 3.15. The van der Waals surface area contributed by atoms with Gasteiger partial charge in [0, 0.05) is 24.4 Å². The number of aromatic nitrogens is 1. The summed E-state index contributed by atoms with van der Waals surface area (Å²) in [6.07, 6.45) is -3.87. The molecule has 2 aromatic rings. The van der Waals surface area contributed by atoms with Crippen LogP contribution in [0.2, 0.25) is 0 Å². The van der Waals surface area contributed by atoms with Crippen LogP contribution in [0.4, 0.5) is 17.6 Å². The molecule has 21 heavy (non-hydrogen) atoms. The summed E-state index contributed by atoms with van der Waals surface area (Å²) in [6.45, 7) is 0. The molecule has 0 aliphatic rings. The van der Waals surface area contributed by atoms with E-state index in [-0.39, 0.29) is 17.4 Å². The Morgan fingerprint density at radius 2 is 1.86 bits per heavy atom. The fraction of sp³-hybridized carbons (Fsp3) is 0.154. The van der Waals surface area contributed by atoms with Gasteiger partial charge >= 0.3 is 6.18 Å². The van der Waals surface area contributed by atoms with Crippen LogP contribution in [0.1, 0.15) is 5.56 Å². The maximum absolute atomic E-state index is 13.7. The number of ether oxygens (including phenoxy) is 2. The molecule has 0 aliphatic heterocycles. The van der Waals surface area contributed by atoms with Crippen molar-refractivity contribution in [2.45, 2.75) is 6.18 Å². The average molecular weight is 366 g/mol. The van der Waals surface area contributed by atoms with E-state index in [1.54, 1.807) is 0 Å². The molecule has 0 N–H and O–H groups in total. The van der Waals surface area contributed by atoms with Crippen molar-refractivity contribution in [3.05, 3.63) is 46.3 Å². The third-order valence-corrected chi connectivity index (χ3v) is 3.10. The van der Waals surface area contributed by atoms with Crippen LogP contribution in [-0.2, 0) is 6.18 Å². The molecule has 8 heteroatoms. The van der Waals surface area contributed by atoms with Crippen LogP contribution >= 0.6 is 15.9 Å². The first-order chi connectivity index (χ1) is 9.81. The maximum atomic E-state index is 13.7. The molecule has 0 saturated carbocycles. The number of alkyl halides is 3. The first kappa shape index (κ1) is 15.6. The molecule has 0 aliphatic carbocycles. The lowest BCUT2D eigenvalue weighted by Gasteiger charge is -2.10. The minimum absolute atomic E-state index is 0.154. The van der Waals surface area contributed by atoms with Crippen molar-refractivity contribution in [2.75, 3.05) is 7.11 Å². The monoisotopic (exact) mass is 365 g/mol. The molecule has 0 spiro atoms. The van der Waals surface area contributed by atoms with Gasteiger partial charge in [-0.3, -0.25) is 0 Å². The van der Waals surface area contributed by atoms with Crippen LogP contribution in [-0.4, -0.2) is 12.1 Å². The average Bonchev–Trinajstić information content (AvgIpc) is 2.42. The Morgan fingerprint density at radius 1 is 1.14 bits per heavy atom. The molecular weight excluding hydrogens is 358 g/mol. The van der Waals surface area contributed by atoms with Gasteiger partial charge in [0.25, 0.3) is 0 Å². The molecule has 2 rings (SSSR count). The van der Waals surface area contributed by atoms with Gasteiger partial charge in [-0.15, -0.1) is 0 Å². The smallest absolute Gasteiger partial charge is 0.417 e. The highest BCUT2D eigenvalue weighted by Crippen LogP contribution is 2.34. The van der Waals surface area contributed by atoms with Crippen molar-refractivity contribution < 1.29 is 27.0 Å². The summed E-state index contributed by atoms with van der Waals surface area (Å²) in [5.74, 6) is -0.800. The fourth-order valence-corrected chi connectivity index (χ4v) is 1.95. The molecule has 1 aromatic heterocycles. The van der Waals surface area contributed by atoms with Gasteiger partial charge in [-0.25, -0.2) is 9.37 Å². The highest BCUT2D eigenvalue weighted by Gasteiger charge is 2.30. The second-order valence-electron chi connectivity index (χ2n) is 3.90. The molecule has 3 nitrogen and oxygen atoms in total. The highest BCUT2D eigenvalue weighted by atomic mass is 79.9. The summed E-state index contributed by atoms with van der Waals surface area (Å²) in [5, 5.41) is 0. The number of hydrogen-bond acceptors (Lipinski definition) is 3. The third kappa shape index (κ3) is 3.63. The van der Waals surface area contributed by atoms with Gasteiger partial charge in [0.05, 0.1) is 17.1 Å². The summed E-state index contributed by atoms with van der Waals surface area (Å²) in [6, 6.07) is 4.20. The molecule has 0 bridgehead atoms. The molecule has 0 radical (unpaired) electrons. The third-order valence-electron chi connectivity index (χ3n) is 2.48. The van der Waals surface area contributed by atoms with Crippen molar-refractivity contribution in [3.8, 4) is 17.4 Å². The number of halogens is 5. The van der Waals surface area contributed by atoms with Gasteiger partial charge in [-0.2, -0.15) is 13.2 Å². The quantitative estimate of drug-likeness (QED) is 0.732. The van der Waals surface area contributed by atoms with Gasteiger partial charge in [0.15, 0.2) is 11.6 Å². The Bertz CT molecular complexity index is 644. The molecule has 1 heterocycles. The normalized spacial score (nSPS) is 11.3. The Morgan fingerprint density at radius 3 is 2.38 bits per heavy atom. The Kier molecular flexibility index (Phi) is 4.36. The SMILES string of the molecule is COc1cc(F)c(Oc2ccc(C(F)(F)F)cn2)cc1Br. The predicted molar refractivity (Wildman–Crippen MR) is 70.0 cm³/mol. The lowest BCUT2D eigenvalue weighted by molar-refractivity contribution is -0.137. The number of pyridine rings is 1.